The lowest BCUT2D eigenvalue weighted by molar-refractivity contribution is 0.220. The topological polar surface area (TPSA) is 72.8 Å². The van der Waals surface area contributed by atoms with Gasteiger partial charge in [0.2, 0.25) is 17.3 Å². The molecular formula is C22H16FN5OS. The number of halogens is 1. The number of para-hydroxylation sites is 1. The Morgan fingerprint density at radius 1 is 0.967 bits per heavy atom. The summed E-state index contributed by atoms with van der Waals surface area (Å²) in [6.07, 6.45) is 1.18. The van der Waals surface area contributed by atoms with Crippen LogP contribution >= 0.6 is 11.8 Å². The van der Waals surface area contributed by atoms with Crippen molar-refractivity contribution in [2.24, 2.45) is 0 Å². The molecule has 148 valence electrons. The van der Waals surface area contributed by atoms with E-state index in [0.717, 1.165) is 16.9 Å². The zero-order chi connectivity index (χ0) is 20.3. The van der Waals surface area contributed by atoms with E-state index in [1.165, 1.54) is 17.8 Å². The predicted octanol–water partition coefficient (Wildman–Crippen LogP) is 4.87. The molecule has 0 bridgehead atoms. The molecule has 0 spiro atoms. The highest BCUT2D eigenvalue weighted by Crippen LogP contribution is 2.39. The first kappa shape index (κ1) is 18.5. The fourth-order valence-electron chi connectivity index (χ4n) is 3.13. The molecule has 0 fully saturated rings. The van der Waals surface area contributed by atoms with Crippen LogP contribution in [0, 0.1) is 5.82 Å². The molecule has 0 amide bonds. The molecule has 0 aliphatic carbocycles. The first-order valence-corrected chi connectivity index (χ1v) is 10.3. The molecule has 2 aromatic carbocycles. The Bertz CT molecular complexity index is 1190. The molecule has 6 nitrogen and oxygen atoms in total. The van der Waals surface area contributed by atoms with Crippen molar-refractivity contribution in [2.75, 3.05) is 5.32 Å². The molecule has 0 saturated heterocycles. The number of rotatable bonds is 4. The van der Waals surface area contributed by atoms with Gasteiger partial charge in [-0.2, -0.15) is 4.98 Å². The van der Waals surface area contributed by atoms with Gasteiger partial charge in [0.05, 0.1) is 0 Å². The van der Waals surface area contributed by atoms with Gasteiger partial charge in [-0.3, -0.25) is 4.98 Å². The fraction of sp³-hybridized carbons (Fsp3) is 0.0909. The van der Waals surface area contributed by atoms with Gasteiger partial charge in [0.15, 0.2) is 5.69 Å². The molecule has 0 unspecified atom stereocenters. The average molecular weight is 417 g/mol. The molecule has 1 N–H and O–H groups in total. The van der Waals surface area contributed by atoms with Crippen LogP contribution in [-0.2, 0) is 5.75 Å². The van der Waals surface area contributed by atoms with Gasteiger partial charge >= 0.3 is 0 Å². The number of pyridine rings is 1. The smallest absolute Gasteiger partial charge is 0.247 e. The van der Waals surface area contributed by atoms with Crippen LogP contribution in [-0.4, -0.2) is 20.2 Å². The molecule has 0 radical (unpaired) electrons. The van der Waals surface area contributed by atoms with E-state index in [1.807, 2.05) is 42.5 Å². The third kappa shape index (κ3) is 3.69. The highest BCUT2D eigenvalue weighted by atomic mass is 32.2. The number of thioether (sulfide) groups is 1. The number of anilines is 1. The Kier molecular flexibility index (Phi) is 4.98. The quantitative estimate of drug-likeness (QED) is 0.475. The molecule has 4 aromatic rings. The van der Waals surface area contributed by atoms with Gasteiger partial charge in [-0.1, -0.05) is 54.2 Å². The summed E-state index contributed by atoms with van der Waals surface area (Å²) in [6.45, 7) is 0. The molecule has 0 saturated carbocycles. The van der Waals surface area contributed by atoms with Gasteiger partial charge in [-0.25, -0.2) is 4.39 Å². The summed E-state index contributed by atoms with van der Waals surface area (Å²) in [5.74, 6) is 0.498. The van der Waals surface area contributed by atoms with Gasteiger partial charge in [-0.05, 0) is 29.8 Å². The van der Waals surface area contributed by atoms with Crippen molar-refractivity contribution in [3.63, 3.8) is 0 Å². The van der Waals surface area contributed by atoms with Gasteiger partial charge in [0.25, 0.3) is 0 Å². The van der Waals surface area contributed by atoms with Crippen molar-refractivity contribution >= 4 is 17.4 Å². The van der Waals surface area contributed by atoms with Gasteiger partial charge < -0.3 is 10.1 Å². The fourth-order valence-corrected chi connectivity index (χ4v) is 3.90. The number of hydrogen-bond donors (Lipinski definition) is 1. The maximum absolute atomic E-state index is 13.9. The molecule has 3 heterocycles. The van der Waals surface area contributed by atoms with Crippen molar-refractivity contribution in [1.29, 1.82) is 0 Å². The standard InChI is InChI=1S/C22H16FN5OS/c23-16-9-3-1-7-14(16)13-30-22-26-21-19(27-28-22)15-8-2-4-10-17(15)25-20(29-21)18-11-5-6-12-24-18/h1-12,20,25H,13H2/t20-/m1/s1. The zero-order valence-electron chi connectivity index (χ0n) is 15.7. The molecule has 30 heavy (non-hydrogen) atoms. The van der Waals surface area contributed by atoms with Crippen LogP contribution in [0.5, 0.6) is 5.88 Å². The Balaban J connectivity index is 1.49. The van der Waals surface area contributed by atoms with E-state index in [4.69, 9.17) is 4.74 Å². The van der Waals surface area contributed by atoms with Crippen LogP contribution in [0.1, 0.15) is 17.5 Å². The lowest BCUT2D eigenvalue weighted by Gasteiger charge is -2.18. The SMILES string of the molecule is Fc1ccccc1CSc1nnc2c(n1)O[C@H](c1ccccn1)Nc1ccccc1-2. The van der Waals surface area contributed by atoms with E-state index in [2.05, 4.69) is 25.5 Å². The minimum Gasteiger partial charge on any atom is -0.446 e. The molecule has 1 atom stereocenters. The summed E-state index contributed by atoms with van der Waals surface area (Å²) in [4.78, 5) is 8.97. The highest BCUT2D eigenvalue weighted by molar-refractivity contribution is 7.98. The lowest BCUT2D eigenvalue weighted by Crippen LogP contribution is -2.18. The number of fused-ring (bicyclic) bond motifs is 3. The molecule has 1 aliphatic rings. The van der Waals surface area contributed by atoms with E-state index in [0.29, 0.717) is 28.0 Å². The van der Waals surface area contributed by atoms with Crippen molar-refractivity contribution in [1.82, 2.24) is 20.2 Å². The van der Waals surface area contributed by atoms with E-state index in [-0.39, 0.29) is 5.82 Å². The van der Waals surface area contributed by atoms with Crippen molar-refractivity contribution in [3.05, 3.63) is 90.0 Å². The monoisotopic (exact) mass is 417 g/mol. The summed E-state index contributed by atoms with van der Waals surface area (Å²) in [6, 6.07) is 20.0. The minimum atomic E-state index is -0.533. The zero-order valence-corrected chi connectivity index (χ0v) is 16.5. The maximum Gasteiger partial charge on any atom is 0.247 e. The Hall–Kier alpha value is -3.52. The number of ether oxygens (including phenoxy) is 1. The number of benzene rings is 2. The highest BCUT2D eigenvalue weighted by Gasteiger charge is 2.26. The van der Waals surface area contributed by atoms with Crippen molar-refractivity contribution < 1.29 is 9.13 Å². The molecular weight excluding hydrogens is 401 g/mol. The third-order valence-electron chi connectivity index (χ3n) is 4.60. The predicted molar refractivity (Wildman–Crippen MR) is 112 cm³/mol. The van der Waals surface area contributed by atoms with Crippen LogP contribution in [0.4, 0.5) is 10.1 Å². The third-order valence-corrected chi connectivity index (χ3v) is 5.49. The van der Waals surface area contributed by atoms with Gasteiger partial charge in [-0.15, -0.1) is 10.2 Å². The summed E-state index contributed by atoms with van der Waals surface area (Å²) in [5.41, 5.74) is 3.55. The second-order valence-electron chi connectivity index (χ2n) is 6.57. The lowest BCUT2D eigenvalue weighted by atomic mass is 10.1. The van der Waals surface area contributed by atoms with E-state index in [9.17, 15) is 4.39 Å². The first-order valence-electron chi connectivity index (χ1n) is 9.32. The second kappa shape index (κ2) is 8.08. The van der Waals surface area contributed by atoms with Gasteiger partial charge in [0, 0.05) is 23.2 Å². The van der Waals surface area contributed by atoms with Crippen LogP contribution in [0.15, 0.2) is 78.1 Å². The summed E-state index contributed by atoms with van der Waals surface area (Å²) in [5, 5.41) is 12.4. The van der Waals surface area contributed by atoms with E-state index in [1.54, 1.807) is 24.4 Å². The minimum absolute atomic E-state index is 0.252. The van der Waals surface area contributed by atoms with Crippen molar-refractivity contribution in [3.8, 4) is 17.1 Å². The molecule has 2 aromatic heterocycles. The van der Waals surface area contributed by atoms with Crippen molar-refractivity contribution in [2.45, 2.75) is 17.1 Å². The largest absolute Gasteiger partial charge is 0.446 e. The van der Waals surface area contributed by atoms with Crippen LogP contribution in [0.3, 0.4) is 0 Å². The molecule has 5 rings (SSSR count). The molecule has 1 aliphatic heterocycles. The normalized spacial score (nSPS) is 14.6. The Labute approximate surface area is 176 Å². The Morgan fingerprint density at radius 2 is 1.80 bits per heavy atom. The Morgan fingerprint density at radius 3 is 2.67 bits per heavy atom. The molecule has 8 heteroatoms. The number of hydrogen-bond acceptors (Lipinski definition) is 7. The number of aromatic nitrogens is 4. The van der Waals surface area contributed by atoms with Gasteiger partial charge in [0.1, 0.15) is 11.5 Å². The number of nitrogens with one attached hydrogen (secondary N) is 1. The van der Waals surface area contributed by atoms with E-state index >= 15 is 0 Å². The van der Waals surface area contributed by atoms with Crippen LogP contribution < -0.4 is 10.1 Å². The summed E-state index contributed by atoms with van der Waals surface area (Å²) >= 11 is 1.30. The second-order valence-corrected chi connectivity index (χ2v) is 7.51. The summed E-state index contributed by atoms with van der Waals surface area (Å²) in [7, 11) is 0. The maximum atomic E-state index is 13.9. The first-order chi connectivity index (χ1) is 14.8. The van der Waals surface area contributed by atoms with Crippen LogP contribution in [0.25, 0.3) is 11.3 Å². The summed E-state index contributed by atoms with van der Waals surface area (Å²) < 4.78 is 20.1. The van der Waals surface area contributed by atoms with Crippen LogP contribution in [0.2, 0.25) is 0 Å². The average Bonchev–Trinajstić information content (AvgIpc) is 2.96. The number of nitrogens with zero attached hydrogens (tertiary/aromatic N) is 4. The van der Waals surface area contributed by atoms with E-state index < -0.39 is 6.23 Å².